The summed E-state index contributed by atoms with van der Waals surface area (Å²) in [4.78, 5) is 34.4. The van der Waals surface area contributed by atoms with Crippen molar-refractivity contribution in [2.75, 3.05) is 6.54 Å². The van der Waals surface area contributed by atoms with Gasteiger partial charge in [0.15, 0.2) is 0 Å². The zero-order chi connectivity index (χ0) is 18.4. The molecule has 1 aliphatic heterocycles. The third-order valence-corrected chi connectivity index (χ3v) is 7.76. The first-order valence-corrected chi connectivity index (χ1v) is 11.3. The molecule has 7 heteroatoms. The first-order valence-electron chi connectivity index (χ1n) is 9.52. The highest BCUT2D eigenvalue weighted by Gasteiger charge is 2.37. The van der Waals surface area contributed by atoms with E-state index in [1.54, 1.807) is 11.3 Å². The molecule has 140 valence electrons. The maximum atomic E-state index is 13.1. The number of nitrogens with zero attached hydrogens (tertiary/aromatic N) is 3. The van der Waals surface area contributed by atoms with Gasteiger partial charge < -0.3 is 4.90 Å². The fourth-order valence-electron chi connectivity index (χ4n) is 4.69. The van der Waals surface area contributed by atoms with Gasteiger partial charge in [0.25, 0.3) is 5.56 Å². The zero-order valence-electron chi connectivity index (χ0n) is 15.0. The molecule has 4 heterocycles. The molecule has 0 spiro atoms. The molecule has 1 aliphatic carbocycles. The van der Waals surface area contributed by atoms with Crippen LogP contribution in [0.3, 0.4) is 0 Å². The van der Waals surface area contributed by atoms with Gasteiger partial charge >= 0.3 is 0 Å². The van der Waals surface area contributed by atoms with Gasteiger partial charge in [0, 0.05) is 28.4 Å². The van der Waals surface area contributed by atoms with E-state index >= 15 is 0 Å². The summed E-state index contributed by atoms with van der Waals surface area (Å²) in [5.74, 6) is 0.713. The Kier molecular flexibility index (Phi) is 4.36. The van der Waals surface area contributed by atoms with Crippen molar-refractivity contribution >= 4 is 38.8 Å². The zero-order valence-corrected chi connectivity index (χ0v) is 16.6. The molecule has 1 saturated carbocycles. The van der Waals surface area contributed by atoms with E-state index in [-0.39, 0.29) is 18.0 Å². The highest BCUT2D eigenvalue weighted by Crippen LogP contribution is 2.37. The smallest absolute Gasteiger partial charge is 0.263 e. The second-order valence-electron chi connectivity index (χ2n) is 7.47. The SMILES string of the molecule is O=C(Cn1cnc2scc(-c3cccs3)c2c1=O)N1CCC[C@H]2CCC[C@H]21. The van der Waals surface area contributed by atoms with Crippen LogP contribution in [0.15, 0.2) is 34.0 Å². The van der Waals surface area contributed by atoms with E-state index in [1.165, 1.54) is 41.5 Å². The van der Waals surface area contributed by atoms with Gasteiger partial charge in [0.2, 0.25) is 5.91 Å². The Morgan fingerprint density at radius 1 is 1.22 bits per heavy atom. The van der Waals surface area contributed by atoms with Crippen LogP contribution in [0, 0.1) is 5.92 Å². The van der Waals surface area contributed by atoms with E-state index in [9.17, 15) is 9.59 Å². The molecule has 3 aromatic heterocycles. The number of amides is 1. The van der Waals surface area contributed by atoms with Crippen LogP contribution in [0.25, 0.3) is 20.7 Å². The number of carbonyl (C=O) groups excluding carboxylic acids is 1. The van der Waals surface area contributed by atoms with Crippen molar-refractivity contribution in [1.82, 2.24) is 14.5 Å². The number of rotatable bonds is 3. The number of fused-ring (bicyclic) bond motifs is 2. The van der Waals surface area contributed by atoms with E-state index in [1.807, 2.05) is 27.8 Å². The second-order valence-corrected chi connectivity index (χ2v) is 9.28. The van der Waals surface area contributed by atoms with Crippen LogP contribution in [0.5, 0.6) is 0 Å². The van der Waals surface area contributed by atoms with Gasteiger partial charge in [-0.2, -0.15) is 0 Å². The minimum atomic E-state index is -0.113. The first-order chi connectivity index (χ1) is 13.2. The van der Waals surface area contributed by atoms with Gasteiger partial charge in [0.1, 0.15) is 11.4 Å². The van der Waals surface area contributed by atoms with Crippen molar-refractivity contribution in [2.45, 2.75) is 44.7 Å². The van der Waals surface area contributed by atoms with Crippen LogP contribution in [-0.4, -0.2) is 32.9 Å². The summed E-state index contributed by atoms with van der Waals surface area (Å²) in [6, 6.07) is 4.37. The maximum absolute atomic E-state index is 13.1. The van der Waals surface area contributed by atoms with Gasteiger partial charge in [-0.15, -0.1) is 22.7 Å². The number of piperidine rings is 1. The second kappa shape index (κ2) is 6.87. The molecular weight excluding hydrogens is 378 g/mol. The van der Waals surface area contributed by atoms with Crippen LogP contribution in [0.1, 0.15) is 32.1 Å². The quantitative estimate of drug-likeness (QED) is 0.669. The highest BCUT2D eigenvalue weighted by molar-refractivity contribution is 7.18. The van der Waals surface area contributed by atoms with Crippen molar-refractivity contribution in [1.29, 1.82) is 0 Å². The van der Waals surface area contributed by atoms with Gasteiger partial charge in [-0.25, -0.2) is 4.98 Å². The third kappa shape index (κ3) is 2.93. The van der Waals surface area contributed by atoms with Gasteiger partial charge in [0.05, 0.1) is 11.7 Å². The predicted octanol–water partition coefficient (Wildman–Crippen LogP) is 3.98. The predicted molar refractivity (Wildman–Crippen MR) is 109 cm³/mol. The third-order valence-electron chi connectivity index (χ3n) is 5.97. The summed E-state index contributed by atoms with van der Waals surface area (Å²) < 4.78 is 1.49. The Morgan fingerprint density at radius 3 is 2.96 bits per heavy atom. The van der Waals surface area contributed by atoms with Crippen molar-refractivity contribution in [2.24, 2.45) is 5.92 Å². The van der Waals surface area contributed by atoms with Gasteiger partial charge in [-0.3, -0.25) is 14.2 Å². The lowest BCUT2D eigenvalue weighted by atomic mass is 9.92. The summed E-state index contributed by atoms with van der Waals surface area (Å²) in [7, 11) is 0. The maximum Gasteiger partial charge on any atom is 0.263 e. The molecule has 0 unspecified atom stereocenters. The van der Waals surface area contributed by atoms with E-state index in [2.05, 4.69) is 4.98 Å². The Labute approximate surface area is 165 Å². The lowest BCUT2D eigenvalue weighted by molar-refractivity contribution is -0.136. The Balaban J connectivity index is 1.47. The highest BCUT2D eigenvalue weighted by atomic mass is 32.1. The summed E-state index contributed by atoms with van der Waals surface area (Å²) >= 11 is 3.09. The van der Waals surface area contributed by atoms with Crippen molar-refractivity contribution in [3.05, 3.63) is 39.6 Å². The first kappa shape index (κ1) is 17.1. The molecule has 0 radical (unpaired) electrons. The molecule has 0 N–H and O–H groups in total. The number of hydrogen-bond donors (Lipinski definition) is 0. The molecule has 0 aromatic carbocycles. The molecule has 2 fully saturated rings. The van der Waals surface area contributed by atoms with Gasteiger partial charge in [-0.1, -0.05) is 12.5 Å². The van der Waals surface area contributed by atoms with Crippen molar-refractivity contribution in [3.8, 4) is 10.4 Å². The minimum Gasteiger partial charge on any atom is -0.338 e. The summed E-state index contributed by atoms with van der Waals surface area (Å²) in [5.41, 5.74) is 0.816. The lowest BCUT2D eigenvalue weighted by Gasteiger charge is -2.37. The summed E-state index contributed by atoms with van der Waals surface area (Å²) in [6.45, 7) is 0.911. The number of carbonyl (C=O) groups is 1. The van der Waals surface area contributed by atoms with Crippen molar-refractivity contribution in [3.63, 3.8) is 0 Å². The molecule has 2 aliphatic rings. The van der Waals surface area contributed by atoms with Crippen LogP contribution < -0.4 is 5.56 Å². The number of aromatic nitrogens is 2. The van der Waals surface area contributed by atoms with Crippen molar-refractivity contribution < 1.29 is 4.79 Å². The lowest BCUT2D eigenvalue weighted by Crippen LogP contribution is -2.48. The Morgan fingerprint density at radius 2 is 2.11 bits per heavy atom. The molecule has 2 atom stereocenters. The summed E-state index contributed by atoms with van der Waals surface area (Å²) in [6.07, 6.45) is 7.41. The molecule has 1 saturated heterocycles. The topological polar surface area (TPSA) is 55.2 Å². The monoisotopic (exact) mass is 399 g/mol. The van der Waals surface area contributed by atoms with Gasteiger partial charge in [-0.05, 0) is 43.0 Å². The average Bonchev–Trinajstić information content (AvgIpc) is 3.43. The standard InChI is InChI=1S/C20H21N3O2S2/c24-17(23-8-2-5-13-4-1-6-15(13)23)10-22-12-21-19-18(20(22)25)14(11-27-19)16-7-3-9-26-16/h3,7,9,11-13,15H,1-2,4-6,8,10H2/t13-,15-/m1/s1. The molecule has 3 aromatic rings. The van der Waals surface area contributed by atoms with Crippen LogP contribution >= 0.6 is 22.7 Å². The minimum absolute atomic E-state index is 0.0581. The van der Waals surface area contributed by atoms with E-state index < -0.39 is 0 Å². The largest absolute Gasteiger partial charge is 0.338 e. The number of hydrogen-bond acceptors (Lipinski definition) is 5. The molecule has 0 bridgehead atoms. The Bertz CT molecular complexity index is 1040. The fraction of sp³-hybridized carbons (Fsp3) is 0.450. The number of likely N-dealkylation sites (tertiary alicyclic amines) is 1. The normalized spacial score (nSPS) is 22.3. The number of thiophene rings is 2. The van der Waals surface area contributed by atoms with E-state index in [0.717, 1.165) is 34.7 Å². The Hall–Kier alpha value is -1.99. The van der Waals surface area contributed by atoms with E-state index in [4.69, 9.17) is 0 Å². The van der Waals surface area contributed by atoms with Crippen LogP contribution in [-0.2, 0) is 11.3 Å². The van der Waals surface area contributed by atoms with E-state index in [0.29, 0.717) is 17.3 Å². The van der Waals surface area contributed by atoms with Crippen LogP contribution in [0.4, 0.5) is 0 Å². The molecule has 27 heavy (non-hydrogen) atoms. The van der Waals surface area contributed by atoms with Crippen LogP contribution in [0.2, 0.25) is 0 Å². The summed E-state index contributed by atoms with van der Waals surface area (Å²) in [5, 5.41) is 4.63. The molecule has 5 rings (SSSR count). The fourth-order valence-corrected chi connectivity index (χ4v) is 6.41. The molecule has 1 amide bonds. The average molecular weight is 400 g/mol. The molecule has 5 nitrogen and oxygen atoms in total. The molecular formula is C20H21N3O2S2.